The van der Waals surface area contributed by atoms with Crippen LogP contribution < -0.4 is 0 Å². The molecule has 0 fully saturated rings. The van der Waals surface area contributed by atoms with Crippen LogP contribution in [0.2, 0.25) is 5.02 Å². The molecule has 0 amide bonds. The summed E-state index contributed by atoms with van der Waals surface area (Å²) < 4.78 is 0. The van der Waals surface area contributed by atoms with Crippen LogP contribution in [0.5, 0.6) is 11.5 Å². The normalized spacial score (nSPS) is 10.6. The molecule has 0 aromatic heterocycles. The summed E-state index contributed by atoms with van der Waals surface area (Å²) in [4.78, 5) is 0. The van der Waals surface area contributed by atoms with Crippen LogP contribution in [0.15, 0.2) is 66.7 Å². The first kappa shape index (κ1) is 14.5. The maximum absolute atomic E-state index is 10.3. The Hall–Kier alpha value is -2.45. The van der Waals surface area contributed by atoms with Crippen molar-refractivity contribution in [2.45, 2.75) is 6.42 Å². The molecule has 0 bridgehead atoms. The third-order valence-corrected chi connectivity index (χ3v) is 3.92. The van der Waals surface area contributed by atoms with Crippen LogP contribution in [0.1, 0.15) is 11.1 Å². The van der Waals surface area contributed by atoms with Gasteiger partial charge in [-0.3, -0.25) is 0 Å². The highest BCUT2D eigenvalue weighted by Crippen LogP contribution is 2.34. The molecule has 0 saturated carbocycles. The van der Waals surface area contributed by atoms with E-state index in [4.69, 9.17) is 11.6 Å². The number of hydrogen-bond acceptors (Lipinski definition) is 2. The van der Waals surface area contributed by atoms with Gasteiger partial charge < -0.3 is 10.2 Å². The Morgan fingerprint density at radius 3 is 2.14 bits per heavy atom. The summed E-state index contributed by atoms with van der Waals surface area (Å²) in [6.07, 6.45) is 0.456. The number of para-hydroxylation sites is 1. The Bertz CT molecular complexity index is 795. The number of phenols is 2. The minimum absolute atomic E-state index is 0.218. The van der Waals surface area contributed by atoms with E-state index in [0.717, 1.165) is 22.3 Å². The van der Waals surface area contributed by atoms with Crippen molar-refractivity contribution >= 4 is 11.6 Å². The number of phenolic OH excluding ortho intramolecular Hbond substituents is 2. The number of halogens is 1. The van der Waals surface area contributed by atoms with Gasteiger partial charge in [0.25, 0.3) is 0 Å². The number of hydrogen-bond donors (Lipinski definition) is 2. The van der Waals surface area contributed by atoms with Gasteiger partial charge in [0, 0.05) is 17.0 Å². The molecule has 2 nitrogen and oxygen atoms in total. The summed E-state index contributed by atoms with van der Waals surface area (Å²) in [7, 11) is 0. The predicted octanol–water partition coefficient (Wildman–Crippen LogP) is 5.01. The predicted molar refractivity (Wildman–Crippen MR) is 89.5 cm³/mol. The Balaban J connectivity index is 2.07. The molecule has 3 rings (SSSR count). The number of benzene rings is 3. The second-order valence-electron chi connectivity index (χ2n) is 5.12. The second-order valence-corrected chi connectivity index (χ2v) is 5.55. The average molecular weight is 311 g/mol. The lowest BCUT2D eigenvalue weighted by atomic mass is 9.94. The van der Waals surface area contributed by atoms with E-state index in [1.54, 1.807) is 18.2 Å². The van der Waals surface area contributed by atoms with Crippen molar-refractivity contribution < 1.29 is 10.2 Å². The van der Waals surface area contributed by atoms with Crippen molar-refractivity contribution in [1.82, 2.24) is 0 Å². The van der Waals surface area contributed by atoms with Crippen LogP contribution >= 0.6 is 11.6 Å². The summed E-state index contributed by atoms with van der Waals surface area (Å²) >= 11 is 5.94. The van der Waals surface area contributed by atoms with Crippen molar-refractivity contribution in [2.24, 2.45) is 0 Å². The first-order valence-electron chi connectivity index (χ1n) is 6.99. The molecule has 0 unspecified atom stereocenters. The summed E-state index contributed by atoms with van der Waals surface area (Å²) in [5, 5.41) is 20.9. The monoisotopic (exact) mass is 310 g/mol. The highest BCUT2D eigenvalue weighted by Gasteiger charge is 2.12. The van der Waals surface area contributed by atoms with E-state index in [2.05, 4.69) is 0 Å². The Labute approximate surface area is 134 Å². The largest absolute Gasteiger partial charge is 0.508 e. The van der Waals surface area contributed by atoms with Gasteiger partial charge in [-0.1, -0.05) is 54.1 Å². The van der Waals surface area contributed by atoms with Gasteiger partial charge in [-0.05, 0) is 41.0 Å². The Kier molecular flexibility index (Phi) is 4.03. The zero-order valence-electron chi connectivity index (χ0n) is 11.8. The lowest BCUT2D eigenvalue weighted by molar-refractivity contribution is 0.463. The Morgan fingerprint density at radius 2 is 1.41 bits per heavy atom. The highest BCUT2D eigenvalue weighted by molar-refractivity contribution is 6.30. The zero-order chi connectivity index (χ0) is 15.5. The fourth-order valence-corrected chi connectivity index (χ4v) is 2.64. The van der Waals surface area contributed by atoms with E-state index in [9.17, 15) is 10.2 Å². The molecule has 0 aliphatic heterocycles. The standard InChI is InChI=1S/C19H15ClO2/c20-15-10-8-13(9-11-15)16-5-3-7-19(22)17(16)12-14-4-1-2-6-18(14)21/h1-11,21-22H,12H2. The number of rotatable bonds is 3. The van der Waals surface area contributed by atoms with Gasteiger partial charge in [-0.25, -0.2) is 0 Å². The van der Waals surface area contributed by atoms with Gasteiger partial charge in [-0.2, -0.15) is 0 Å². The molecular weight excluding hydrogens is 296 g/mol. The number of aromatic hydroxyl groups is 2. The van der Waals surface area contributed by atoms with Crippen LogP contribution in [0.3, 0.4) is 0 Å². The third kappa shape index (κ3) is 2.92. The molecule has 3 heteroatoms. The molecule has 22 heavy (non-hydrogen) atoms. The summed E-state index contributed by atoms with van der Waals surface area (Å²) in [6.45, 7) is 0. The molecule has 0 saturated heterocycles. The molecular formula is C19H15ClO2. The molecule has 0 aliphatic rings. The van der Waals surface area contributed by atoms with E-state index in [0.29, 0.717) is 11.4 Å². The van der Waals surface area contributed by atoms with Gasteiger partial charge in [0.15, 0.2) is 0 Å². The molecule has 0 spiro atoms. The molecule has 0 aliphatic carbocycles. The lowest BCUT2D eigenvalue weighted by Gasteiger charge is -2.13. The molecule has 3 aromatic rings. The molecule has 110 valence electrons. The lowest BCUT2D eigenvalue weighted by Crippen LogP contribution is -1.94. The smallest absolute Gasteiger partial charge is 0.119 e. The zero-order valence-corrected chi connectivity index (χ0v) is 12.6. The molecule has 2 N–H and O–H groups in total. The first-order chi connectivity index (χ1) is 10.6. The van der Waals surface area contributed by atoms with Crippen LogP contribution in [-0.4, -0.2) is 10.2 Å². The topological polar surface area (TPSA) is 40.5 Å². The van der Waals surface area contributed by atoms with Crippen molar-refractivity contribution in [2.75, 3.05) is 0 Å². The minimum atomic E-state index is 0.218. The molecule has 3 aromatic carbocycles. The average Bonchev–Trinajstić information content (AvgIpc) is 2.52. The van der Waals surface area contributed by atoms with Crippen LogP contribution in [0, 0.1) is 0 Å². The highest BCUT2D eigenvalue weighted by atomic mass is 35.5. The molecule has 0 atom stereocenters. The molecule has 0 heterocycles. The van der Waals surface area contributed by atoms with E-state index in [1.165, 1.54) is 0 Å². The third-order valence-electron chi connectivity index (χ3n) is 3.67. The van der Waals surface area contributed by atoms with E-state index in [1.807, 2.05) is 48.5 Å². The maximum atomic E-state index is 10.3. The summed E-state index contributed by atoms with van der Waals surface area (Å²) in [5.41, 5.74) is 3.47. The fourth-order valence-electron chi connectivity index (χ4n) is 2.51. The van der Waals surface area contributed by atoms with E-state index < -0.39 is 0 Å². The minimum Gasteiger partial charge on any atom is -0.508 e. The van der Waals surface area contributed by atoms with Gasteiger partial charge in [-0.15, -0.1) is 0 Å². The van der Waals surface area contributed by atoms with Crippen molar-refractivity contribution in [1.29, 1.82) is 0 Å². The van der Waals surface area contributed by atoms with Crippen molar-refractivity contribution in [3.8, 4) is 22.6 Å². The van der Waals surface area contributed by atoms with Gasteiger partial charge in [0.2, 0.25) is 0 Å². The summed E-state index contributed by atoms with van der Waals surface area (Å²) in [5.74, 6) is 0.448. The van der Waals surface area contributed by atoms with Crippen LogP contribution in [-0.2, 0) is 6.42 Å². The van der Waals surface area contributed by atoms with Crippen LogP contribution in [0.4, 0.5) is 0 Å². The van der Waals surface area contributed by atoms with Crippen LogP contribution in [0.25, 0.3) is 11.1 Å². The first-order valence-corrected chi connectivity index (χ1v) is 7.36. The molecule has 0 radical (unpaired) electrons. The van der Waals surface area contributed by atoms with Crippen molar-refractivity contribution in [3.05, 3.63) is 82.9 Å². The maximum Gasteiger partial charge on any atom is 0.119 e. The quantitative estimate of drug-likeness (QED) is 0.714. The van der Waals surface area contributed by atoms with Crippen molar-refractivity contribution in [3.63, 3.8) is 0 Å². The SMILES string of the molecule is Oc1ccccc1Cc1c(O)cccc1-c1ccc(Cl)cc1. The van der Waals surface area contributed by atoms with Gasteiger partial charge >= 0.3 is 0 Å². The van der Waals surface area contributed by atoms with E-state index >= 15 is 0 Å². The summed E-state index contributed by atoms with van der Waals surface area (Å²) in [6, 6.07) is 20.1. The van der Waals surface area contributed by atoms with Gasteiger partial charge in [0.05, 0.1) is 0 Å². The fraction of sp³-hybridized carbons (Fsp3) is 0.0526. The van der Waals surface area contributed by atoms with Gasteiger partial charge in [0.1, 0.15) is 11.5 Å². The second kappa shape index (κ2) is 6.12. The Morgan fingerprint density at radius 1 is 0.727 bits per heavy atom. The van der Waals surface area contributed by atoms with E-state index in [-0.39, 0.29) is 11.5 Å².